The summed E-state index contributed by atoms with van der Waals surface area (Å²) in [5.74, 6) is -1.10. The molecule has 4 rings (SSSR count). The molecule has 1 amide bonds. The SMILES string of the molecule is Cc1ccc(F)cc1NC(=O)c1cc(S(=O)(=O)N2CCc3ccccc3C2)ccc1Cl. The van der Waals surface area contributed by atoms with Crippen molar-refractivity contribution >= 4 is 33.2 Å². The summed E-state index contributed by atoms with van der Waals surface area (Å²) in [6.45, 7) is 2.35. The fourth-order valence-corrected chi connectivity index (χ4v) is 5.23. The maximum Gasteiger partial charge on any atom is 0.257 e. The molecule has 0 fully saturated rings. The fourth-order valence-electron chi connectivity index (χ4n) is 3.58. The van der Waals surface area contributed by atoms with Gasteiger partial charge in [-0.15, -0.1) is 0 Å². The Balaban J connectivity index is 1.63. The largest absolute Gasteiger partial charge is 0.322 e. The van der Waals surface area contributed by atoms with Crippen LogP contribution in [0, 0.1) is 12.7 Å². The maximum atomic E-state index is 13.5. The molecule has 0 unspecified atom stereocenters. The van der Waals surface area contributed by atoms with Crippen LogP contribution in [0.25, 0.3) is 0 Å². The number of carbonyl (C=O) groups is 1. The van der Waals surface area contributed by atoms with E-state index in [-0.39, 0.29) is 22.0 Å². The molecule has 0 saturated heterocycles. The predicted molar refractivity (Wildman–Crippen MR) is 118 cm³/mol. The number of amides is 1. The number of halogens is 2. The number of benzene rings is 3. The van der Waals surface area contributed by atoms with E-state index in [9.17, 15) is 17.6 Å². The van der Waals surface area contributed by atoms with E-state index in [1.54, 1.807) is 13.0 Å². The monoisotopic (exact) mass is 458 g/mol. The van der Waals surface area contributed by atoms with Crippen molar-refractivity contribution in [3.8, 4) is 0 Å². The summed E-state index contributed by atoms with van der Waals surface area (Å²) in [4.78, 5) is 12.8. The lowest BCUT2D eigenvalue weighted by molar-refractivity contribution is 0.102. The van der Waals surface area contributed by atoms with Crippen LogP contribution >= 0.6 is 11.6 Å². The molecule has 1 N–H and O–H groups in total. The Morgan fingerprint density at radius 2 is 1.81 bits per heavy atom. The highest BCUT2D eigenvalue weighted by atomic mass is 35.5. The topological polar surface area (TPSA) is 66.5 Å². The van der Waals surface area contributed by atoms with Crippen molar-refractivity contribution in [3.63, 3.8) is 0 Å². The number of fused-ring (bicyclic) bond motifs is 1. The Bertz CT molecular complexity index is 1280. The standard InChI is InChI=1S/C23H20ClFN2O3S/c1-15-6-7-18(25)12-22(15)26-23(28)20-13-19(8-9-21(20)24)31(29,30)27-11-10-16-4-2-3-5-17(16)14-27/h2-9,12-13H,10-11,14H2,1H3,(H,26,28). The summed E-state index contributed by atoms with van der Waals surface area (Å²) in [6.07, 6.45) is 0.620. The number of sulfonamides is 1. The van der Waals surface area contributed by atoms with Crippen molar-refractivity contribution in [2.45, 2.75) is 24.8 Å². The van der Waals surface area contributed by atoms with Crippen LogP contribution in [0.15, 0.2) is 65.6 Å². The number of aryl methyl sites for hydroxylation is 1. The molecule has 1 heterocycles. The number of nitrogens with zero attached hydrogens (tertiary/aromatic N) is 1. The van der Waals surface area contributed by atoms with Crippen LogP contribution in [0.1, 0.15) is 27.0 Å². The van der Waals surface area contributed by atoms with Crippen LogP contribution in [0.2, 0.25) is 5.02 Å². The second kappa shape index (κ2) is 8.42. The highest BCUT2D eigenvalue weighted by Crippen LogP contribution is 2.28. The van der Waals surface area contributed by atoms with Gasteiger partial charge in [-0.3, -0.25) is 4.79 Å². The molecule has 160 valence electrons. The first-order valence-corrected chi connectivity index (χ1v) is 11.5. The quantitative estimate of drug-likeness (QED) is 0.611. The second-order valence-electron chi connectivity index (χ2n) is 7.41. The van der Waals surface area contributed by atoms with Crippen LogP contribution in [-0.4, -0.2) is 25.2 Å². The third-order valence-corrected chi connectivity index (χ3v) is 7.53. The third kappa shape index (κ3) is 4.35. The molecule has 0 radical (unpaired) electrons. The number of hydrogen-bond donors (Lipinski definition) is 1. The lowest BCUT2D eigenvalue weighted by Gasteiger charge is -2.28. The summed E-state index contributed by atoms with van der Waals surface area (Å²) >= 11 is 6.19. The molecule has 1 aliphatic heterocycles. The van der Waals surface area contributed by atoms with Crippen molar-refractivity contribution in [3.05, 3.63) is 93.8 Å². The van der Waals surface area contributed by atoms with Crippen LogP contribution in [0.4, 0.5) is 10.1 Å². The van der Waals surface area contributed by atoms with Crippen molar-refractivity contribution in [1.29, 1.82) is 0 Å². The molecule has 0 aromatic heterocycles. The van der Waals surface area contributed by atoms with Crippen LogP contribution < -0.4 is 5.32 Å². The Morgan fingerprint density at radius 3 is 2.58 bits per heavy atom. The lowest BCUT2D eigenvalue weighted by Crippen LogP contribution is -2.36. The number of carbonyl (C=O) groups excluding carboxylic acids is 1. The average Bonchev–Trinajstić information content (AvgIpc) is 2.76. The molecule has 0 bridgehead atoms. The zero-order valence-corrected chi connectivity index (χ0v) is 18.3. The Morgan fingerprint density at radius 1 is 1.06 bits per heavy atom. The van der Waals surface area contributed by atoms with Gasteiger partial charge in [-0.2, -0.15) is 4.31 Å². The molecule has 8 heteroatoms. The molecule has 0 saturated carbocycles. The van der Waals surface area contributed by atoms with E-state index in [1.807, 2.05) is 24.3 Å². The Labute approximate surface area is 185 Å². The summed E-state index contributed by atoms with van der Waals surface area (Å²) in [6, 6.07) is 15.8. The third-order valence-electron chi connectivity index (χ3n) is 5.36. The predicted octanol–water partition coefficient (Wildman–Crippen LogP) is 4.79. The molecule has 3 aromatic rings. The van der Waals surface area contributed by atoms with Crippen LogP contribution in [-0.2, 0) is 23.0 Å². The van der Waals surface area contributed by atoms with Gasteiger partial charge in [-0.05, 0) is 60.4 Å². The maximum absolute atomic E-state index is 13.5. The van der Waals surface area contributed by atoms with E-state index < -0.39 is 21.7 Å². The van der Waals surface area contributed by atoms with Gasteiger partial charge in [0.1, 0.15) is 5.82 Å². The zero-order valence-electron chi connectivity index (χ0n) is 16.7. The van der Waals surface area contributed by atoms with Gasteiger partial charge < -0.3 is 5.32 Å². The van der Waals surface area contributed by atoms with Crippen LogP contribution in [0.5, 0.6) is 0 Å². The van der Waals surface area contributed by atoms with Gasteiger partial charge >= 0.3 is 0 Å². The molecule has 5 nitrogen and oxygen atoms in total. The smallest absolute Gasteiger partial charge is 0.257 e. The molecule has 3 aromatic carbocycles. The Kier molecular flexibility index (Phi) is 5.83. The fraction of sp³-hybridized carbons (Fsp3) is 0.174. The van der Waals surface area contributed by atoms with E-state index in [1.165, 1.54) is 34.6 Å². The van der Waals surface area contributed by atoms with Crippen molar-refractivity contribution < 1.29 is 17.6 Å². The minimum Gasteiger partial charge on any atom is -0.322 e. The first-order chi connectivity index (χ1) is 14.8. The highest BCUT2D eigenvalue weighted by Gasteiger charge is 2.29. The van der Waals surface area contributed by atoms with Crippen molar-refractivity contribution in [2.75, 3.05) is 11.9 Å². The summed E-state index contributed by atoms with van der Waals surface area (Å²) < 4.78 is 41.4. The van der Waals surface area contributed by atoms with Gasteiger partial charge in [0.2, 0.25) is 10.0 Å². The second-order valence-corrected chi connectivity index (χ2v) is 9.76. The molecule has 31 heavy (non-hydrogen) atoms. The highest BCUT2D eigenvalue weighted by molar-refractivity contribution is 7.89. The van der Waals surface area contributed by atoms with Gasteiger partial charge in [-0.1, -0.05) is 41.9 Å². The van der Waals surface area contributed by atoms with E-state index in [4.69, 9.17) is 11.6 Å². The van der Waals surface area contributed by atoms with Gasteiger partial charge in [0.25, 0.3) is 5.91 Å². The van der Waals surface area contributed by atoms with E-state index in [0.29, 0.717) is 24.2 Å². The number of hydrogen-bond acceptors (Lipinski definition) is 3. The summed E-state index contributed by atoms with van der Waals surface area (Å²) in [7, 11) is -3.83. The first-order valence-electron chi connectivity index (χ1n) is 9.70. The average molecular weight is 459 g/mol. The zero-order chi connectivity index (χ0) is 22.2. The molecule has 0 atom stereocenters. The molecule has 0 spiro atoms. The molecular formula is C23H20ClFN2O3S. The molecule has 1 aliphatic rings. The molecule has 0 aliphatic carbocycles. The van der Waals surface area contributed by atoms with Crippen LogP contribution in [0.3, 0.4) is 0 Å². The minimum absolute atomic E-state index is 0.00353. The Hall–Kier alpha value is -2.74. The van der Waals surface area contributed by atoms with E-state index >= 15 is 0 Å². The van der Waals surface area contributed by atoms with Gasteiger partial charge in [-0.25, -0.2) is 12.8 Å². The molecular weight excluding hydrogens is 439 g/mol. The first kappa shape index (κ1) is 21.5. The lowest BCUT2D eigenvalue weighted by atomic mass is 10.0. The summed E-state index contributed by atoms with van der Waals surface area (Å²) in [5, 5.41) is 2.71. The minimum atomic E-state index is -3.83. The number of nitrogens with one attached hydrogen (secondary N) is 1. The normalized spacial score (nSPS) is 14.2. The van der Waals surface area contributed by atoms with Gasteiger partial charge in [0, 0.05) is 18.8 Å². The number of rotatable bonds is 4. The number of anilines is 1. The van der Waals surface area contributed by atoms with Gasteiger partial charge in [0.05, 0.1) is 15.5 Å². The van der Waals surface area contributed by atoms with Crippen molar-refractivity contribution in [1.82, 2.24) is 4.31 Å². The summed E-state index contributed by atoms with van der Waals surface area (Å²) in [5.41, 5.74) is 3.06. The van der Waals surface area contributed by atoms with Crippen molar-refractivity contribution in [2.24, 2.45) is 0 Å². The van der Waals surface area contributed by atoms with Gasteiger partial charge in [0.15, 0.2) is 0 Å². The van der Waals surface area contributed by atoms with E-state index in [2.05, 4.69) is 5.32 Å². The van der Waals surface area contributed by atoms with E-state index in [0.717, 1.165) is 11.1 Å².